The normalized spacial score (nSPS) is 9.36. The summed E-state index contributed by atoms with van der Waals surface area (Å²) in [6, 6.07) is 8.63. The fourth-order valence-corrected chi connectivity index (χ4v) is 1.85. The fourth-order valence-electron chi connectivity index (χ4n) is 1.85. The van der Waals surface area contributed by atoms with Crippen molar-refractivity contribution in [1.29, 1.82) is 0 Å². The predicted molar refractivity (Wildman–Crippen MR) is 96.4 cm³/mol. The minimum atomic E-state index is -1.50. The van der Waals surface area contributed by atoms with Crippen LogP contribution < -0.4 is 5.46 Å². The van der Waals surface area contributed by atoms with E-state index < -0.39 is 7.12 Å². The fraction of sp³-hybridized carbons (Fsp3) is 0.312. The first kappa shape index (κ1) is 23.0. The van der Waals surface area contributed by atoms with Crippen LogP contribution in [0.2, 0.25) is 0 Å². The van der Waals surface area contributed by atoms with Gasteiger partial charge in [-0.1, -0.05) is 6.07 Å². The van der Waals surface area contributed by atoms with Crippen LogP contribution in [0.3, 0.4) is 0 Å². The van der Waals surface area contributed by atoms with Crippen LogP contribution in [0.25, 0.3) is 0 Å². The molecule has 0 spiro atoms. The van der Waals surface area contributed by atoms with Crippen LogP contribution in [0.5, 0.6) is 0 Å². The monoisotopic (exact) mass is 368 g/mol. The second-order valence-electron chi connectivity index (χ2n) is 5.12. The minimum absolute atomic E-state index is 0. The molecule has 0 atom stereocenters. The summed E-state index contributed by atoms with van der Waals surface area (Å²) >= 11 is 0. The first-order valence-electron chi connectivity index (χ1n) is 7.32. The van der Waals surface area contributed by atoms with E-state index in [1.54, 1.807) is 13.0 Å². The molecular weight excluding hydrogens is 346 g/mol. The molecule has 0 aliphatic carbocycles. The molecule has 2 rings (SSSR count). The van der Waals surface area contributed by atoms with Gasteiger partial charge in [-0.15, -0.1) is 12.4 Å². The number of aromatic nitrogens is 2. The maximum Gasteiger partial charge on any atom is 0.488 e. The Labute approximate surface area is 153 Å². The average Bonchev–Trinajstić information content (AvgIpc) is 2.53. The van der Waals surface area contributed by atoms with E-state index in [-0.39, 0.29) is 31.6 Å². The predicted octanol–water partition coefficient (Wildman–Crippen LogP) is 0.437. The van der Waals surface area contributed by atoms with E-state index in [1.807, 2.05) is 25.1 Å². The van der Waals surface area contributed by atoms with Crippen LogP contribution in [0.4, 0.5) is 0 Å². The van der Waals surface area contributed by atoms with Gasteiger partial charge in [-0.3, -0.25) is 14.8 Å². The van der Waals surface area contributed by atoms with Gasteiger partial charge >= 0.3 is 13.1 Å². The first-order chi connectivity index (χ1) is 11.3. The number of esters is 1. The molecule has 3 N–H and O–H groups in total. The minimum Gasteiger partial charge on any atom is -0.459 e. The molecule has 2 aromatic heterocycles. The molecule has 0 saturated carbocycles. The molecule has 0 aliphatic heterocycles. The Morgan fingerprint density at radius 1 is 1.12 bits per heavy atom. The summed E-state index contributed by atoms with van der Waals surface area (Å²) in [5.41, 5.74) is 3.17. The molecule has 2 heterocycles. The molecule has 25 heavy (non-hydrogen) atoms. The Kier molecular flexibility index (Phi) is 10.6. The summed E-state index contributed by atoms with van der Waals surface area (Å²) in [6.07, 6.45) is 0. The van der Waals surface area contributed by atoms with Crippen molar-refractivity contribution < 1.29 is 24.7 Å². The first-order valence-corrected chi connectivity index (χ1v) is 7.32. The molecule has 0 unspecified atom stereocenters. The molecule has 2 aromatic rings. The summed E-state index contributed by atoms with van der Waals surface area (Å²) in [6.45, 7) is 5.08. The Morgan fingerprint density at radius 3 is 2.28 bits per heavy atom. The third kappa shape index (κ3) is 9.16. The number of carbonyl (C=O) groups excluding carboxylic acids is 1. The maximum atomic E-state index is 10.5. The number of rotatable bonds is 4. The van der Waals surface area contributed by atoms with Crippen molar-refractivity contribution in [3.05, 3.63) is 53.1 Å². The standard InChI is InChI=1S/C9H11NO2.C7H10BNO3.ClH/c1-7-4-3-5-9(10-7)6-12-8(2)11;1-5-2-6(8(11)12)3-7(4-10)9-5;/h3-5H,6H2,1-2H3;2-3,10-12H,4H2,1H3;1H. The lowest BCUT2D eigenvalue weighted by molar-refractivity contribution is -0.142. The number of ether oxygens (including phenoxy) is 1. The molecule has 0 amide bonds. The van der Waals surface area contributed by atoms with Gasteiger partial charge < -0.3 is 19.9 Å². The molecule has 0 aromatic carbocycles. The second kappa shape index (κ2) is 11.5. The number of aryl methyl sites for hydroxylation is 2. The lowest BCUT2D eigenvalue weighted by atomic mass is 9.80. The third-order valence-corrected chi connectivity index (χ3v) is 2.86. The highest BCUT2D eigenvalue weighted by Gasteiger charge is 2.12. The summed E-state index contributed by atoms with van der Waals surface area (Å²) in [5, 5.41) is 26.4. The van der Waals surface area contributed by atoms with Gasteiger partial charge in [0.15, 0.2) is 0 Å². The van der Waals surface area contributed by atoms with Gasteiger partial charge in [0.2, 0.25) is 0 Å². The Morgan fingerprint density at radius 2 is 1.76 bits per heavy atom. The number of hydrogen-bond acceptors (Lipinski definition) is 7. The summed E-state index contributed by atoms with van der Waals surface area (Å²) in [7, 11) is -1.50. The smallest absolute Gasteiger partial charge is 0.459 e. The number of hydrogen-bond donors (Lipinski definition) is 3. The van der Waals surface area contributed by atoms with Gasteiger partial charge in [-0.05, 0) is 43.6 Å². The van der Waals surface area contributed by atoms with Gasteiger partial charge in [-0.25, -0.2) is 0 Å². The van der Waals surface area contributed by atoms with Gasteiger partial charge in [-0.2, -0.15) is 0 Å². The van der Waals surface area contributed by atoms with Gasteiger partial charge in [0.05, 0.1) is 18.0 Å². The number of pyridine rings is 2. The topological polar surface area (TPSA) is 113 Å². The molecule has 136 valence electrons. The van der Waals surface area contributed by atoms with Crippen LogP contribution in [0, 0.1) is 13.8 Å². The summed E-state index contributed by atoms with van der Waals surface area (Å²) < 4.78 is 4.78. The van der Waals surface area contributed by atoms with Crippen molar-refractivity contribution in [3.8, 4) is 0 Å². The number of nitrogens with zero attached hydrogens (tertiary/aromatic N) is 2. The highest BCUT2D eigenvalue weighted by atomic mass is 35.5. The molecule has 0 radical (unpaired) electrons. The van der Waals surface area contributed by atoms with Crippen LogP contribution in [0.15, 0.2) is 30.3 Å². The second-order valence-corrected chi connectivity index (χ2v) is 5.12. The SMILES string of the molecule is CC(=O)OCc1cccc(C)n1.Cc1cc(B(O)O)cc(CO)n1.Cl. The van der Waals surface area contributed by atoms with Gasteiger partial charge in [0.25, 0.3) is 0 Å². The number of aliphatic hydroxyl groups excluding tert-OH is 1. The number of carbonyl (C=O) groups is 1. The van der Waals surface area contributed by atoms with Crippen molar-refractivity contribution in [2.24, 2.45) is 0 Å². The van der Waals surface area contributed by atoms with E-state index in [9.17, 15) is 4.79 Å². The molecule has 0 bridgehead atoms. The van der Waals surface area contributed by atoms with Crippen molar-refractivity contribution in [2.75, 3.05) is 0 Å². The van der Waals surface area contributed by atoms with E-state index in [2.05, 4.69) is 9.97 Å². The summed E-state index contributed by atoms with van der Waals surface area (Å²) in [5.74, 6) is -0.279. The Balaban J connectivity index is 0.000000443. The lowest BCUT2D eigenvalue weighted by Gasteiger charge is -2.03. The van der Waals surface area contributed by atoms with E-state index in [0.717, 1.165) is 11.4 Å². The molecule has 9 heteroatoms. The zero-order valence-corrected chi connectivity index (χ0v) is 15.2. The van der Waals surface area contributed by atoms with E-state index >= 15 is 0 Å². The van der Waals surface area contributed by atoms with Gasteiger partial charge in [0.1, 0.15) is 6.61 Å². The van der Waals surface area contributed by atoms with E-state index in [0.29, 0.717) is 16.9 Å². The quantitative estimate of drug-likeness (QED) is 0.530. The Bertz CT molecular complexity index is 685. The van der Waals surface area contributed by atoms with Crippen LogP contribution >= 0.6 is 12.4 Å². The number of aliphatic hydroxyl groups is 1. The largest absolute Gasteiger partial charge is 0.488 e. The highest BCUT2D eigenvalue weighted by molar-refractivity contribution is 6.58. The third-order valence-electron chi connectivity index (χ3n) is 2.86. The highest BCUT2D eigenvalue weighted by Crippen LogP contribution is 1.99. The van der Waals surface area contributed by atoms with E-state index in [1.165, 1.54) is 13.0 Å². The van der Waals surface area contributed by atoms with Crippen LogP contribution in [0.1, 0.15) is 29.7 Å². The molecule has 0 aliphatic rings. The van der Waals surface area contributed by atoms with Crippen LogP contribution in [-0.2, 0) is 22.7 Å². The lowest BCUT2D eigenvalue weighted by Crippen LogP contribution is -2.30. The van der Waals surface area contributed by atoms with Crippen molar-refractivity contribution in [1.82, 2.24) is 9.97 Å². The van der Waals surface area contributed by atoms with Crippen LogP contribution in [-0.4, -0.2) is 38.2 Å². The molecule has 0 fully saturated rings. The molecule has 0 saturated heterocycles. The number of halogens is 1. The maximum absolute atomic E-state index is 10.5. The molecular formula is C16H22BClN2O5. The van der Waals surface area contributed by atoms with Crippen molar-refractivity contribution in [2.45, 2.75) is 34.0 Å². The van der Waals surface area contributed by atoms with Crippen molar-refractivity contribution >= 4 is 31.0 Å². The Hall–Kier alpha value is -2.00. The zero-order chi connectivity index (χ0) is 18.1. The zero-order valence-electron chi connectivity index (χ0n) is 14.3. The average molecular weight is 369 g/mol. The summed E-state index contributed by atoms with van der Waals surface area (Å²) in [4.78, 5) is 18.6. The molecule has 7 nitrogen and oxygen atoms in total. The van der Waals surface area contributed by atoms with Gasteiger partial charge in [0, 0.05) is 18.3 Å². The van der Waals surface area contributed by atoms with E-state index in [4.69, 9.17) is 19.9 Å². The van der Waals surface area contributed by atoms with Crippen molar-refractivity contribution in [3.63, 3.8) is 0 Å².